The van der Waals surface area contributed by atoms with E-state index in [9.17, 15) is 14.9 Å². The molecule has 1 aromatic carbocycles. The molecule has 1 aliphatic heterocycles. The number of furan rings is 1. The van der Waals surface area contributed by atoms with E-state index in [0.29, 0.717) is 11.3 Å². The van der Waals surface area contributed by atoms with Gasteiger partial charge in [0.2, 0.25) is 11.6 Å². The molecule has 4 rings (SSSR count). The van der Waals surface area contributed by atoms with E-state index in [0.717, 1.165) is 0 Å². The van der Waals surface area contributed by atoms with Crippen molar-refractivity contribution in [2.24, 2.45) is 5.73 Å². The van der Waals surface area contributed by atoms with Crippen molar-refractivity contribution in [3.8, 4) is 17.6 Å². The first-order chi connectivity index (χ1) is 14.0. The summed E-state index contributed by atoms with van der Waals surface area (Å²) in [6.07, 6.45) is 1.37. The Labute approximate surface area is 164 Å². The summed E-state index contributed by atoms with van der Waals surface area (Å²) in [6, 6.07) is 13.0. The van der Waals surface area contributed by atoms with Gasteiger partial charge in [-0.15, -0.1) is 0 Å². The zero-order chi connectivity index (χ0) is 20.5. The van der Waals surface area contributed by atoms with Crippen molar-refractivity contribution < 1.29 is 23.1 Å². The number of allylic oxidation sites excluding steroid dienone is 1. The first-order valence-electron chi connectivity index (χ1n) is 8.56. The molecule has 0 spiro atoms. The van der Waals surface area contributed by atoms with Crippen LogP contribution in [0, 0.1) is 18.3 Å². The van der Waals surface area contributed by atoms with Crippen LogP contribution in [0.3, 0.4) is 0 Å². The van der Waals surface area contributed by atoms with Gasteiger partial charge < -0.3 is 24.0 Å². The zero-order valence-corrected chi connectivity index (χ0v) is 15.2. The second kappa shape index (κ2) is 7.05. The minimum Gasteiger partial charge on any atom is -0.457 e. The predicted octanol–water partition coefficient (Wildman–Crippen LogP) is 2.98. The van der Waals surface area contributed by atoms with Crippen molar-refractivity contribution in [1.82, 2.24) is 0 Å². The highest BCUT2D eigenvalue weighted by atomic mass is 16.5. The Morgan fingerprint density at radius 3 is 2.66 bits per heavy atom. The topological polar surface area (TPSA) is 129 Å². The molecule has 3 aromatic rings. The van der Waals surface area contributed by atoms with E-state index in [1.54, 1.807) is 43.3 Å². The summed E-state index contributed by atoms with van der Waals surface area (Å²) >= 11 is 0. The van der Waals surface area contributed by atoms with Crippen LogP contribution in [0.2, 0.25) is 0 Å². The minimum atomic E-state index is -0.768. The third-order valence-corrected chi connectivity index (χ3v) is 4.40. The summed E-state index contributed by atoms with van der Waals surface area (Å²) in [6.45, 7) is 1.61. The Kier molecular flexibility index (Phi) is 4.41. The van der Waals surface area contributed by atoms with Gasteiger partial charge in [0.15, 0.2) is 0 Å². The molecule has 29 heavy (non-hydrogen) atoms. The lowest BCUT2D eigenvalue weighted by Gasteiger charge is -2.25. The number of nitrogens with zero attached hydrogens (tertiary/aromatic N) is 1. The fourth-order valence-electron chi connectivity index (χ4n) is 3.13. The van der Waals surface area contributed by atoms with Crippen LogP contribution in [0.1, 0.15) is 33.4 Å². The summed E-state index contributed by atoms with van der Waals surface area (Å²) in [5, 5.41) is 9.56. The van der Waals surface area contributed by atoms with Crippen molar-refractivity contribution in [1.29, 1.82) is 5.26 Å². The number of benzene rings is 1. The molecule has 8 heteroatoms. The van der Waals surface area contributed by atoms with Gasteiger partial charge in [0.25, 0.3) is 0 Å². The lowest BCUT2D eigenvalue weighted by atomic mass is 9.84. The van der Waals surface area contributed by atoms with Crippen molar-refractivity contribution >= 4 is 5.97 Å². The molecule has 0 amide bonds. The van der Waals surface area contributed by atoms with E-state index >= 15 is 0 Å². The average molecular weight is 390 g/mol. The quantitative estimate of drug-likeness (QED) is 0.534. The van der Waals surface area contributed by atoms with Crippen molar-refractivity contribution in [3.05, 3.63) is 93.3 Å². The van der Waals surface area contributed by atoms with Crippen LogP contribution in [-0.2, 0) is 0 Å². The monoisotopic (exact) mass is 390 g/mol. The number of esters is 1. The molecule has 0 saturated carbocycles. The highest BCUT2D eigenvalue weighted by molar-refractivity contribution is 5.88. The number of hydrogen-bond acceptors (Lipinski definition) is 8. The normalized spacial score (nSPS) is 15.2. The predicted molar refractivity (Wildman–Crippen MR) is 99.1 cm³/mol. The molecule has 8 nitrogen and oxygen atoms in total. The second-order valence-corrected chi connectivity index (χ2v) is 6.28. The molecule has 1 aliphatic rings. The molecule has 0 saturated heterocycles. The number of aryl methyl sites for hydroxylation is 1. The van der Waals surface area contributed by atoms with Gasteiger partial charge in [0, 0.05) is 6.07 Å². The summed E-state index contributed by atoms with van der Waals surface area (Å²) in [5.74, 6) is -0.540. The Balaban J connectivity index is 1.71. The third kappa shape index (κ3) is 3.26. The molecule has 2 aromatic heterocycles. The maximum absolute atomic E-state index is 12.5. The molecule has 0 aliphatic carbocycles. The standard InChI is InChI=1S/C21H14N2O6/c1-11-9-16-18(21(25)27-11)17(14(10-22)19(23)29-16)12-4-6-13(7-5-12)28-20(24)15-3-2-8-26-15/h2-9,17H,23H2,1H3. The molecular weight excluding hydrogens is 376 g/mol. The van der Waals surface area contributed by atoms with E-state index in [-0.39, 0.29) is 34.3 Å². The largest absolute Gasteiger partial charge is 0.457 e. The van der Waals surface area contributed by atoms with Crippen LogP contribution in [0.15, 0.2) is 73.8 Å². The highest BCUT2D eigenvalue weighted by Gasteiger charge is 2.34. The van der Waals surface area contributed by atoms with Gasteiger partial charge in [-0.1, -0.05) is 12.1 Å². The maximum atomic E-state index is 12.5. The number of hydrogen-bond donors (Lipinski definition) is 1. The Bertz CT molecular complexity index is 1210. The number of carbonyl (C=O) groups excluding carboxylic acids is 1. The maximum Gasteiger partial charge on any atom is 0.379 e. The number of fused-ring (bicyclic) bond motifs is 1. The minimum absolute atomic E-state index is 0.0721. The molecule has 2 N–H and O–H groups in total. The SMILES string of the molecule is Cc1cc2c(c(=O)o1)C(c1ccc(OC(=O)c3ccco3)cc1)C(C#N)=C(N)O2. The van der Waals surface area contributed by atoms with Crippen LogP contribution in [0.5, 0.6) is 11.5 Å². The molecule has 3 heterocycles. The summed E-state index contributed by atoms with van der Waals surface area (Å²) in [5.41, 5.74) is 6.15. The number of rotatable bonds is 3. The van der Waals surface area contributed by atoms with Crippen molar-refractivity contribution in [2.75, 3.05) is 0 Å². The van der Waals surface area contributed by atoms with Gasteiger partial charge in [0.1, 0.15) is 28.9 Å². The van der Waals surface area contributed by atoms with Gasteiger partial charge >= 0.3 is 11.6 Å². The van der Waals surface area contributed by atoms with Gasteiger partial charge in [-0.25, -0.2) is 9.59 Å². The number of nitriles is 1. The van der Waals surface area contributed by atoms with Crippen LogP contribution < -0.4 is 20.8 Å². The first-order valence-corrected chi connectivity index (χ1v) is 8.56. The first kappa shape index (κ1) is 18.1. The Morgan fingerprint density at radius 1 is 1.24 bits per heavy atom. The Hall–Kier alpha value is -4.25. The molecule has 0 radical (unpaired) electrons. The fraction of sp³-hybridized carbons (Fsp3) is 0.0952. The van der Waals surface area contributed by atoms with Crippen LogP contribution in [0.4, 0.5) is 0 Å². The lowest BCUT2D eigenvalue weighted by Crippen LogP contribution is -2.26. The van der Waals surface area contributed by atoms with Gasteiger partial charge in [-0.05, 0) is 36.8 Å². The van der Waals surface area contributed by atoms with E-state index in [1.165, 1.54) is 12.3 Å². The van der Waals surface area contributed by atoms with Crippen LogP contribution in [0.25, 0.3) is 0 Å². The van der Waals surface area contributed by atoms with Crippen LogP contribution >= 0.6 is 0 Å². The number of carbonyl (C=O) groups is 1. The van der Waals surface area contributed by atoms with Gasteiger partial charge in [-0.3, -0.25) is 0 Å². The number of nitrogens with two attached hydrogens (primary N) is 1. The van der Waals surface area contributed by atoms with Crippen molar-refractivity contribution in [2.45, 2.75) is 12.8 Å². The smallest absolute Gasteiger partial charge is 0.379 e. The lowest BCUT2D eigenvalue weighted by molar-refractivity contribution is 0.0701. The number of ether oxygens (including phenoxy) is 2. The van der Waals surface area contributed by atoms with E-state index < -0.39 is 17.5 Å². The fourth-order valence-corrected chi connectivity index (χ4v) is 3.13. The molecule has 0 bridgehead atoms. The van der Waals surface area contributed by atoms with Crippen molar-refractivity contribution in [3.63, 3.8) is 0 Å². The zero-order valence-electron chi connectivity index (χ0n) is 15.2. The molecular formula is C21H14N2O6. The molecule has 0 fully saturated rings. The average Bonchev–Trinajstić information content (AvgIpc) is 3.22. The molecule has 144 valence electrons. The van der Waals surface area contributed by atoms with Gasteiger partial charge in [-0.2, -0.15) is 5.26 Å². The Morgan fingerprint density at radius 2 is 2.00 bits per heavy atom. The van der Waals surface area contributed by atoms with E-state index in [4.69, 9.17) is 24.0 Å². The van der Waals surface area contributed by atoms with Crippen LogP contribution in [-0.4, -0.2) is 5.97 Å². The summed E-state index contributed by atoms with van der Waals surface area (Å²) in [4.78, 5) is 24.5. The molecule has 1 atom stereocenters. The molecule has 1 unspecified atom stereocenters. The van der Waals surface area contributed by atoms with E-state index in [1.807, 2.05) is 6.07 Å². The summed E-state index contributed by atoms with van der Waals surface area (Å²) in [7, 11) is 0. The summed E-state index contributed by atoms with van der Waals surface area (Å²) < 4.78 is 20.9. The third-order valence-electron chi connectivity index (χ3n) is 4.40. The van der Waals surface area contributed by atoms with E-state index in [2.05, 4.69) is 0 Å². The van der Waals surface area contributed by atoms with Gasteiger partial charge in [0.05, 0.1) is 17.7 Å². The highest BCUT2D eigenvalue weighted by Crippen LogP contribution is 2.40. The second-order valence-electron chi connectivity index (χ2n) is 6.28.